The highest BCUT2D eigenvalue weighted by Crippen LogP contribution is 2.14. The lowest BCUT2D eigenvalue weighted by atomic mass is 10.0. The van der Waals surface area contributed by atoms with E-state index in [1.807, 2.05) is 31.2 Å². The van der Waals surface area contributed by atoms with Gasteiger partial charge in [0.05, 0.1) is 24.8 Å². The minimum atomic E-state index is -0.904. The molecule has 196 valence electrons. The van der Waals surface area contributed by atoms with Gasteiger partial charge in [-0.25, -0.2) is 9.18 Å². The molecule has 1 amide bonds. The van der Waals surface area contributed by atoms with Crippen LogP contribution in [0.1, 0.15) is 27.0 Å². The SMILES string of the molecule is C=CCOC(=O)c1cccc(COCC(C#N)NC(=O)C(Cc2cccc(C)c2)Nc2ccc(F)cc2)c1. The summed E-state index contributed by atoms with van der Waals surface area (Å²) in [7, 11) is 0. The van der Waals surface area contributed by atoms with Crippen molar-refractivity contribution in [3.8, 4) is 6.07 Å². The normalized spacial score (nSPS) is 12.0. The van der Waals surface area contributed by atoms with Crippen molar-refractivity contribution in [2.45, 2.75) is 32.0 Å². The van der Waals surface area contributed by atoms with Crippen molar-refractivity contribution in [3.63, 3.8) is 0 Å². The van der Waals surface area contributed by atoms with Gasteiger partial charge in [-0.3, -0.25) is 4.79 Å². The summed E-state index contributed by atoms with van der Waals surface area (Å²) in [6.45, 7) is 5.68. The molecule has 2 unspecified atom stereocenters. The van der Waals surface area contributed by atoms with Gasteiger partial charge in [0.15, 0.2) is 0 Å². The van der Waals surface area contributed by atoms with Crippen molar-refractivity contribution in [2.75, 3.05) is 18.5 Å². The minimum Gasteiger partial charge on any atom is -0.458 e. The fourth-order valence-electron chi connectivity index (χ4n) is 3.72. The van der Waals surface area contributed by atoms with Crippen LogP contribution in [0.4, 0.5) is 10.1 Å². The maximum Gasteiger partial charge on any atom is 0.338 e. The number of nitriles is 1. The number of benzene rings is 3. The molecule has 0 radical (unpaired) electrons. The van der Waals surface area contributed by atoms with Crippen molar-refractivity contribution in [1.82, 2.24) is 5.32 Å². The Morgan fingerprint density at radius 1 is 1.08 bits per heavy atom. The van der Waals surface area contributed by atoms with Gasteiger partial charge in [0.25, 0.3) is 0 Å². The molecule has 0 aromatic heterocycles. The van der Waals surface area contributed by atoms with Crippen molar-refractivity contribution in [2.24, 2.45) is 0 Å². The number of ether oxygens (including phenoxy) is 2. The molecule has 3 aromatic carbocycles. The highest BCUT2D eigenvalue weighted by atomic mass is 19.1. The topological polar surface area (TPSA) is 100 Å². The number of carbonyl (C=O) groups is 2. The van der Waals surface area contributed by atoms with Crippen molar-refractivity contribution < 1.29 is 23.5 Å². The van der Waals surface area contributed by atoms with Crippen LogP contribution >= 0.6 is 0 Å². The van der Waals surface area contributed by atoms with E-state index in [-0.39, 0.29) is 25.6 Å². The predicted molar refractivity (Wildman–Crippen MR) is 143 cm³/mol. The van der Waals surface area contributed by atoms with Crippen LogP contribution in [0.2, 0.25) is 0 Å². The van der Waals surface area contributed by atoms with Gasteiger partial charge in [-0.05, 0) is 54.4 Å². The maximum absolute atomic E-state index is 13.4. The average Bonchev–Trinajstić information content (AvgIpc) is 2.92. The molecule has 0 aliphatic rings. The number of nitrogens with one attached hydrogen (secondary N) is 2. The lowest BCUT2D eigenvalue weighted by Crippen LogP contribution is -2.46. The summed E-state index contributed by atoms with van der Waals surface area (Å²) in [6, 6.07) is 20.7. The highest BCUT2D eigenvalue weighted by molar-refractivity contribution is 5.89. The second-order valence-electron chi connectivity index (χ2n) is 8.69. The first kappa shape index (κ1) is 28.1. The van der Waals surface area contributed by atoms with E-state index in [0.717, 1.165) is 16.7 Å². The number of aryl methyl sites for hydroxylation is 1. The Balaban J connectivity index is 1.61. The standard InChI is InChI=1S/C30H30FN3O4/c1-3-14-38-30(36)24-9-5-8-23(16-24)19-37-20-27(18-32)34-29(35)28(17-22-7-4-6-21(2)15-22)33-26-12-10-25(31)11-13-26/h3-13,15-16,27-28,33H,1,14,17,19-20H2,2H3,(H,34,35). The van der Waals surface area contributed by atoms with E-state index < -0.39 is 24.0 Å². The van der Waals surface area contributed by atoms with Gasteiger partial charge >= 0.3 is 5.97 Å². The van der Waals surface area contributed by atoms with E-state index >= 15 is 0 Å². The molecule has 2 N–H and O–H groups in total. The number of hydrogen-bond acceptors (Lipinski definition) is 6. The first-order chi connectivity index (χ1) is 18.4. The van der Waals surface area contributed by atoms with Gasteiger partial charge in [-0.15, -0.1) is 0 Å². The number of rotatable bonds is 13. The largest absolute Gasteiger partial charge is 0.458 e. The van der Waals surface area contributed by atoms with E-state index in [1.54, 1.807) is 36.4 Å². The van der Waals surface area contributed by atoms with Gasteiger partial charge < -0.3 is 20.1 Å². The van der Waals surface area contributed by atoms with Crippen LogP contribution < -0.4 is 10.6 Å². The van der Waals surface area contributed by atoms with Crippen LogP contribution in [0, 0.1) is 24.1 Å². The number of nitrogens with zero attached hydrogens (tertiary/aromatic N) is 1. The Morgan fingerprint density at radius 3 is 2.53 bits per heavy atom. The molecule has 8 heteroatoms. The van der Waals surface area contributed by atoms with Gasteiger partial charge in [0.1, 0.15) is 24.5 Å². The van der Waals surface area contributed by atoms with E-state index in [0.29, 0.717) is 17.7 Å². The minimum absolute atomic E-state index is 0.0545. The Bertz CT molecular complexity index is 1290. The monoisotopic (exact) mass is 515 g/mol. The predicted octanol–water partition coefficient (Wildman–Crippen LogP) is 4.73. The summed E-state index contributed by atoms with van der Waals surface area (Å²) in [6.07, 6.45) is 1.85. The zero-order valence-corrected chi connectivity index (χ0v) is 21.2. The Labute approximate surface area is 221 Å². The third-order valence-corrected chi connectivity index (χ3v) is 5.54. The number of anilines is 1. The Kier molecular flexibility index (Phi) is 10.6. The number of halogens is 1. The van der Waals surface area contributed by atoms with E-state index in [1.165, 1.54) is 18.2 Å². The number of carbonyl (C=O) groups excluding carboxylic acids is 2. The average molecular weight is 516 g/mol. The summed E-state index contributed by atoms with van der Waals surface area (Å²) in [5.41, 5.74) is 3.68. The molecule has 3 aromatic rings. The molecule has 7 nitrogen and oxygen atoms in total. The third-order valence-electron chi connectivity index (χ3n) is 5.54. The maximum atomic E-state index is 13.4. The van der Waals surface area contributed by atoms with Crippen LogP contribution in [-0.2, 0) is 27.3 Å². The quantitative estimate of drug-likeness (QED) is 0.252. The summed E-state index contributed by atoms with van der Waals surface area (Å²) >= 11 is 0. The van der Waals surface area contributed by atoms with E-state index in [4.69, 9.17) is 9.47 Å². The van der Waals surface area contributed by atoms with Crippen LogP contribution in [0.25, 0.3) is 0 Å². The fraction of sp³-hybridized carbons (Fsp3) is 0.233. The summed E-state index contributed by atoms with van der Waals surface area (Å²) in [4.78, 5) is 25.2. The molecule has 0 bridgehead atoms. The molecular formula is C30H30FN3O4. The second kappa shape index (κ2) is 14.3. The van der Waals surface area contributed by atoms with Crippen LogP contribution in [-0.4, -0.2) is 37.2 Å². The highest BCUT2D eigenvalue weighted by Gasteiger charge is 2.22. The van der Waals surface area contributed by atoms with Crippen molar-refractivity contribution in [3.05, 3.63) is 114 Å². The first-order valence-corrected chi connectivity index (χ1v) is 12.1. The fourth-order valence-corrected chi connectivity index (χ4v) is 3.72. The second-order valence-corrected chi connectivity index (χ2v) is 8.69. The van der Waals surface area contributed by atoms with Crippen LogP contribution in [0.15, 0.2) is 85.5 Å². The molecule has 0 fully saturated rings. The molecule has 0 saturated heterocycles. The smallest absolute Gasteiger partial charge is 0.338 e. The molecule has 0 saturated carbocycles. The van der Waals surface area contributed by atoms with Gasteiger partial charge in [-0.2, -0.15) is 5.26 Å². The first-order valence-electron chi connectivity index (χ1n) is 12.1. The van der Waals surface area contributed by atoms with Gasteiger partial charge in [0.2, 0.25) is 5.91 Å². The number of esters is 1. The molecule has 0 aliphatic carbocycles. The van der Waals surface area contributed by atoms with Crippen molar-refractivity contribution >= 4 is 17.6 Å². The molecule has 0 aliphatic heterocycles. The summed E-state index contributed by atoms with van der Waals surface area (Å²) in [5.74, 6) is -1.24. The van der Waals surface area contributed by atoms with Crippen LogP contribution in [0.5, 0.6) is 0 Å². The summed E-state index contributed by atoms with van der Waals surface area (Å²) in [5, 5.41) is 15.5. The third kappa shape index (κ3) is 8.87. The number of amides is 1. The molecule has 0 heterocycles. The van der Waals surface area contributed by atoms with E-state index in [2.05, 4.69) is 23.3 Å². The van der Waals surface area contributed by atoms with Gasteiger partial charge in [-0.1, -0.05) is 54.6 Å². The lowest BCUT2D eigenvalue weighted by Gasteiger charge is -2.22. The van der Waals surface area contributed by atoms with Crippen LogP contribution in [0.3, 0.4) is 0 Å². The summed E-state index contributed by atoms with van der Waals surface area (Å²) < 4.78 is 24.1. The number of hydrogen-bond donors (Lipinski definition) is 2. The molecule has 38 heavy (non-hydrogen) atoms. The Morgan fingerprint density at radius 2 is 1.82 bits per heavy atom. The molecule has 3 rings (SSSR count). The zero-order chi connectivity index (χ0) is 27.3. The van der Waals surface area contributed by atoms with Crippen molar-refractivity contribution in [1.29, 1.82) is 5.26 Å². The molecule has 2 atom stereocenters. The Hall–Kier alpha value is -4.48. The molecular weight excluding hydrogens is 485 g/mol. The van der Waals surface area contributed by atoms with Gasteiger partial charge in [0, 0.05) is 12.1 Å². The molecule has 0 spiro atoms. The zero-order valence-electron chi connectivity index (χ0n) is 21.2. The van der Waals surface area contributed by atoms with E-state index in [9.17, 15) is 19.2 Å². The lowest BCUT2D eigenvalue weighted by molar-refractivity contribution is -0.122.